The lowest BCUT2D eigenvalue weighted by atomic mass is 10.0. The second-order valence-electron chi connectivity index (χ2n) is 5.51. The van der Waals surface area contributed by atoms with E-state index >= 15 is 0 Å². The van der Waals surface area contributed by atoms with Crippen molar-refractivity contribution in [2.75, 3.05) is 5.32 Å². The summed E-state index contributed by atoms with van der Waals surface area (Å²) in [6.07, 6.45) is 1.80. The molecular weight excluding hydrogens is 186 g/mol. The van der Waals surface area contributed by atoms with Crippen molar-refractivity contribution in [1.82, 2.24) is 9.97 Å². The van der Waals surface area contributed by atoms with Crippen molar-refractivity contribution in [3.8, 4) is 0 Å². The third kappa shape index (κ3) is 1.50. The molecule has 15 heavy (non-hydrogen) atoms. The zero-order valence-corrected chi connectivity index (χ0v) is 10.1. The molecule has 0 aliphatic heterocycles. The summed E-state index contributed by atoms with van der Waals surface area (Å²) >= 11 is 0. The Morgan fingerprint density at radius 2 is 1.80 bits per heavy atom. The molecule has 0 aromatic carbocycles. The molecule has 0 spiro atoms. The molecule has 1 fully saturated rings. The van der Waals surface area contributed by atoms with Gasteiger partial charge in [0.05, 0.1) is 0 Å². The van der Waals surface area contributed by atoms with Gasteiger partial charge in [-0.1, -0.05) is 27.7 Å². The van der Waals surface area contributed by atoms with Crippen LogP contribution in [0.15, 0.2) is 12.3 Å². The van der Waals surface area contributed by atoms with Crippen LogP contribution in [-0.2, 0) is 0 Å². The fourth-order valence-corrected chi connectivity index (χ4v) is 2.24. The molecule has 0 amide bonds. The average Bonchev–Trinajstić information content (AvgIpc) is 2.48. The van der Waals surface area contributed by atoms with Crippen molar-refractivity contribution in [3.05, 3.63) is 18.1 Å². The normalized spacial score (nSPS) is 22.5. The number of hydrogen-bond donors (Lipinski definition) is 1. The van der Waals surface area contributed by atoms with E-state index in [0.717, 1.165) is 11.6 Å². The third-order valence-corrected chi connectivity index (χ3v) is 4.09. The molecule has 2 rings (SSSR count). The van der Waals surface area contributed by atoms with Gasteiger partial charge in [0.25, 0.3) is 0 Å². The predicted molar refractivity (Wildman–Crippen MR) is 61.7 cm³/mol. The van der Waals surface area contributed by atoms with Crippen LogP contribution in [-0.4, -0.2) is 16.0 Å². The van der Waals surface area contributed by atoms with Crippen LogP contribution in [0.25, 0.3) is 0 Å². The maximum atomic E-state index is 4.36. The molecule has 3 heteroatoms. The lowest BCUT2D eigenvalue weighted by molar-refractivity contribution is 0.457. The molecule has 0 atom stereocenters. The number of hydrogen-bond acceptors (Lipinski definition) is 3. The highest BCUT2D eigenvalue weighted by Gasteiger charge is 2.65. The molecular formula is C12H19N3. The smallest absolute Gasteiger partial charge is 0.129 e. The van der Waals surface area contributed by atoms with E-state index in [-0.39, 0.29) is 0 Å². The van der Waals surface area contributed by atoms with E-state index in [1.54, 1.807) is 6.20 Å². The molecule has 0 saturated heterocycles. The molecule has 1 saturated carbocycles. The summed E-state index contributed by atoms with van der Waals surface area (Å²) < 4.78 is 0. The van der Waals surface area contributed by atoms with E-state index in [4.69, 9.17) is 0 Å². The SMILES string of the molecule is Cc1nccc(NC2C(C)(C)C2(C)C)n1. The second kappa shape index (κ2) is 2.94. The van der Waals surface area contributed by atoms with Gasteiger partial charge in [-0.25, -0.2) is 9.97 Å². The Hall–Kier alpha value is -1.12. The molecule has 1 heterocycles. The van der Waals surface area contributed by atoms with Gasteiger partial charge < -0.3 is 5.32 Å². The number of aryl methyl sites for hydroxylation is 1. The number of nitrogens with zero attached hydrogens (tertiary/aromatic N) is 2. The lowest BCUT2D eigenvalue weighted by Crippen LogP contribution is -2.11. The molecule has 1 N–H and O–H groups in total. The van der Waals surface area contributed by atoms with E-state index in [0.29, 0.717) is 16.9 Å². The maximum absolute atomic E-state index is 4.36. The first kappa shape index (κ1) is 10.4. The Balaban J connectivity index is 2.12. The Labute approximate surface area is 91.3 Å². The van der Waals surface area contributed by atoms with Crippen LogP contribution in [0.5, 0.6) is 0 Å². The molecule has 0 unspecified atom stereocenters. The number of aromatic nitrogens is 2. The topological polar surface area (TPSA) is 37.8 Å². The quantitative estimate of drug-likeness (QED) is 0.806. The largest absolute Gasteiger partial charge is 0.366 e. The maximum Gasteiger partial charge on any atom is 0.129 e. The van der Waals surface area contributed by atoms with Crippen molar-refractivity contribution in [2.45, 2.75) is 40.7 Å². The zero-order chi connectivity index (χ0) is 11.3. The summed E-state index contributed by atoms with van der Waals surface area (Å²) in [6, 6.07) is 2.43. The first-order chi connectivity index (χ1) is 6.85. The minimum Gasteiger partial charge on any atom is -0.366 e. The Morgan fingerprint density at radius 3 is 2.27 bits per heavy atom. The van der Waals surface area contributed by atoms with Crippen LogP contribution >= 0.6 is 0 Å². The summed E-state index contributed by atoms with van der Waals surface area (Å²) in [5.74, 6) is 1.75. The van der Waals surface area contributed by atoms with Crippen molar-refractivity contribution in [2.24, 2.45) is 10.8 Å². The molecule has 1 aliphatic carbocycles. The molecule has 1 aromatic heterocycles. The van der Waals surface area contributed by atoms with E-state index in [9.17, 15) is 0 Å². The van der Waals surface area contributed by atoms with Gasteiger partial charge in [-0.2, -0.15) is 0 Å². The first-order valence-corrected chi connectivity index (χ1v) is 5.42. The van der Waals surface area contributed by atoms with Gasteiger partial charge in [-0.05, 0) is 23.8 Å². The van der Waals surface area contributed by atoms with Gasteiger partial charge in [0.2, 0.25) is 0 Å². The van der Waals surface area contributed by atoms with Gasteiger partial charge in [0.15, 0.2) is 0 Å². The Morgan fingerprint density at radius 1 is 1.20 bits per heavy atom. The van der Waals surface area contributed by atoms with Gasteiger partial charge >= 0.3 is 0 Å². The van der Waals surface area contributed by atoms with Crippen molar-refractivity contribution >= 4 is 5.82 Å². The minimum absolute atomic E-state index is 0.339. The highest BCUT2D eigenvalue weighted by Crippen LogP contribution is 2.63. The second-order valence-corrected chi connectivity index (χ2v) is 5.51. The van der Waals surface area contributed by atoms with E-state index in [1.165, 1.54) is 0 Å². The van der Waals surface area contributed by atoms with Gasteiger partial charge in [-0.3, -0.25) is 0 Å². The Bertz CT molecular complexity index is 368. The zero-order valence-electron chi connectivity index (χ0n) is 10.1. The number of anilines is 1. The predicted octanol–water partition coefficient (Wildman–Crippen LogP) is 2.63. The third-order valence-electron chi connectivity index (χ3n) is 4.09. The summed E-state index contributed by atoms with van der Waals surface area (Å²) in [7, 11) is 0. The molecule has 1 aliphatic rings. The van der Waals surface area contributed by atoms with Crippen molar-refractivity contribution in [3.63, 3.8) is 0 Å². The van der Waals surface area contributed by atoms with Crippen molar-refractivity contribution in [1.29, 1.82) is 0 Å². The standard InChI is InChI=1S/C12H19N3/c1-8-13-7-6-9(14-8)15-10-11(2,3)12(10,4)5/h6-7,10H,1-5H3,(H,13,14,15). The van der Waals surface area contributed by atoms with Crippen molar-refractivity contribution < 1.29 is 0 Å². The monoisotopic (exact) mass is 205 g/mol. The lowest BCUT2D eigenvalue weighted by Gasteiger charge is -2.07. The van der Waals surface area contributed by atoms with Crippen LogP contribution in [0.2, 0.25) is 0 Å². The summed E-state index contributed by atoms with van der Waals surface area (Å²) in [5, 5.41) is 3.49. The minimum atomic E-state index is 0.339. The van der Waals surface area contributed by atoms with E-state index < -0.39 is 0 Å². The average molecular weight is 205 g/mol. The highest BCUT2D eigenvalue weighted by molar-refractivity contribution is 5.41. The molecule has 1 aromatic rings. The first-order valence-electron chi connectivity index (χ1n) is 5.42. The highest BCUT2D eigenvalue weighted by atomic mass is 15.1. The molecule has 3 nitrogen and oxygen atoms in total. The van der Waals surface area contributed by atoms with Gasteiger partial charge in [0.1, 0.15) is 11.6 Å². The van der Waals surface area contributed by atoms with Crippen LogP contribution in [0.4, 0.5) is 5.82 Å². The van der Waals surface area contributed by atoms with Crippen LogP contribution in [0.1, 0.15) is 33.5 Å². The van der Waals surface area contributed by atoms with Crippen LogP contribution in [0, 0.1) is 17.8 Å². The molecule has 82 valence electrons. The van der Waals surface area contributed by atoms with E-state index in [2.05, 4.69) is 43.0 Å². The van der Waals surface area contributed by atoms with Crippen LogP contribution in [0.3, 0.4) is 0 Å². The van der Waals surface area contributed by atoms with Gasteiger partial charge in [-0.15, -0.1) is 0 Å². The van der Waals surface area contributed by atoms with Crippen LogP contribution < -0.4 is 5.32 Å². The Kier molecular flexibility index (Phi) is 2.04. The number of nitrogens with one attached hydrogen (secondary N) is 1. The summed E-state index contributed by atoms with van der Waals surface area (Å²) in [4.78, 5) is 8.45. The van der Waals surface area contributed by atoms with Gasteiger partial charge in [0, 0.05) is 12.2 Å². The fourth-order valence-electron chi connectivity index (χ4n) is 2.24. The molecule has 0 bridgehead atoms. The number of rotatable bonds is 2. The summed E-state index contributed by atoms with van der Waals surface area (Å²) in [5.41, 5.74) is 0.678. The van der Waals surface area contributed by atoms with E-state index in [1.807, 2.05) is 13.0 Å². The molecule has 0 radical (unpaired) electrons. The fraction of sp³-hybridized carbons (Fsp3) is 0.667. The summed E-state index contributed by atoms with van der Waals surface area (Å²) in [6.45, 7) is 11.1.